The van der Waals surface area contributed by atoms with E-state index in [2.05, 4.69) is 22.0 Å². The highest BCUT2D eigenvalue weighted by molar-refractivity contribution is 5.76. The number of aryl methyl sites for hydroxylation is 1. The van der Waals surface area contributed by atoms with Crippen LogP contribution in [-0.4, -0.2) is 33.0 Å². The fourth-order valence-corrected chi connectivity index (χ4v) is 3.09. The zero-order chi connectivity index (χ0) is 18.8. The molecule has 1 amide bonds. The molecule has 0 spiro atoms. The number of carbonyl (C=O) groups is 1. The fraction of sp³-hybridized carbons (Fsp3) is 0.400. The summed E-state index contributed by atoms with van der Waals surface area (Å²) in [5.41, 5.74) is 0.787. The van der Waals surface area contributed by atoms with Gasteiger partial charge >= 0.3 is 0 Å². The Morgan fingerprint density at radius 3 is 2.93 bits per heavy atom. The smallest absolute Gasteiger partial charge is 0.227 e. The number of furan rings is 1. The van der Waals surface area contributed by atoms with E-state index < -0.39 is 0 Å². The molecule has 27 heavy (non-hydrogen) atoms. The minimum Gasteiger partial charge on any atom is -0.464 e. The van der Waals surface area contributed by atoms with Crippen LogP contribution < -0.4 is 0 Å². The molecule has 7 heteroatoms. The van der Waals surface area contributed by atoms with Gasteiger partial charge < -0.3 is 13.8 Å². The average molecular weight is 366 g/mol. The van der Waals surface area contributed by atoms with E-state index in [-0.39, 0.29) is 5.91 Å². The molecule has 1 aliphatic rings. The molecular weight excluding hydrogens is 344 g/mol. The van der Waals surface area contributed by atoms with Crippen molar-refractivity contribution in [3.05, 3.63) is 54.1 Å². The molecule has 1 aliphatic carbocycles. The lowest BCUT2D eigenvalue weighted by Crippen LogP contribution is -2.26. The maximum Gasteiger partial charge on any atom is 0.227 e. The molecule has 3 heterocycles. The molecule has 1 saturated carbocycles. The predicted molar refractivity (Wildman–Crippen MR) is 97.6 cm³/mol. The first-order chi connectivity index (χ1) is 13.1. The van der Waals surface area contributed by atoms with Crippen LogP contribution in [0.5, 0.6) is 0 Å². The minimum atomic E-state index is 0.00821. The Kier molecular flexibility index (Phi) is 4.75. The lowest BCUT2D eigenvalue weighted by Gasteiger charge is -2.15. The van der Waals surface area contributed by atoms with Gasteiger partial charge in [0.15, 0.2) is 0 Å². The summed E-state index contributed by atoms with van der Waals surface area (Å²) >= 11 is 0. The lowest BCUT2D eigenvalue weighted by molar-refractivity contribution is -0.130. The second-order valence-electron chi connectivity index (χ2n) is 7.13. The Labute approximate surface area is 157 Å². The van der Waals surface area contributed by atoms with E-state index in [4.69, 9.17) is 8.94 Å². The molecule has 0 aromatic carbocycles. The largest absolute Gasteiger partial charge is 0.464 e. The van der Waals surface area contributed by atoms with Crippen LogP contribution in [0.4, 0.5) is 0 Å². The summed E-state index contributed by atoms with van der Waals surface area (Å²) in [6, 6.07) is 7.66. The SMILES string of the molecule is C[C@H]1C[C@H]1c1ccc(CN(C)C(=O)CCc2nc(-c3cccnc3)no2)o1. The molecule has 0 aliphatic heterocycles. The molecule has 3 aromatic heterocycles. The topological polar surface area (TPSA) is 85.3 Å². The third-order valence-electron chi connectivity index (χ3n) is 4.92. The quantitative estimate of drug-likeness (QED) is 0.637. The summed E-state index contributed by atoms with van der Waals surface area (Å²) in [6.07, 6.45) is 5.25. The van der Waals surface area contributed by atoms with Crippen molar-refractivity contribution in [1.29, 1.82) is 0 Å². The number of carbonyl (C=O) groups excluding carboxylic acids is 1. The normalized spacial score (nSPS) is 18.4. The van der Waals surface area contributed by atoms with E-state index in [1.54, 1.807) is 24.3 Å². The number of hydrogen-bond acceptors (Lipinski definition) is 6. The third-order valence-corrected chi connectivity index (χ3v) is 4.92. The van der Waals surface area contributed by atoms with Crippen molar-refractivity contribution in [3.8, 4) is 11.4 Å². The van der Waals surface area contributed by atoms with Crippen LogP contribution in [0.2, 0.25) is 0 Å². The zero-order valence-electron chi connectivity index (χ0n) is 15.5. The summed E-state index contributed by atoms with van der Waals surface area (Å²) in [7, 11) is 1.78. The number of amides is 1. The van der Waals surface area contributed by atoms with E-state index in [0.29, 0.717) is 42.9 Å². The van der Waals surface area contributed by atoms with Crippen LogP contribution in [-0.2, 0) is 17.8 Å². The molecule has 0 unspecified atom stereocenters. The van der Waals surface area contributed by atoms with Crippen molar-refractivity contribution in [2.24, 2.45) is 5.92 Å². The van der Waals surface area contributed by atoms with Crippen molar-refractivity contribution >= 4 is 5.91 Å². The average Bonchev–Trinajstić information content (AvgIpc) is 3.08. The summed E-state index contributed by atoms with van der Waals surface area (Å²) in [5.74, 6) is 4.04. The van der Waals surface area contributed by atoms with E-state index in [1.165, 1.54) is 6.42 Å². The highest BCUT2D eigenvalue weighted by atomic mass is 16.5. The number of hydrogen-bond donors (Lipinski definition) is 0. The van der Waals surface area contributed by atoms with E-state index in [9.17, 15) is 4.79 Å². The second kappa shape index (κ2) is 7.34. The standard InChI is InChI=1S/C20H22N4O3/c1-13-10-16(13)17-6-5-15(26-17)12-24(2)19(25)8-7-18-22-20(23-27-18)14-4-3-9-21-11-14/h3-6,9,11,13,16H,7-8,10,12H2,1-2H3/t13-,16+/m0/s1. The lowest BCUT2D eigenvalue weighted by atomic mass is 10.2. The molecule has 3 aromatic rings. The molecule has 0 N–H and O–H groups in total. The molecule has 4 rings (SSSR count). The molecule has 0 saturated heterocycles. The molecule has 7 nitrogen and oxygen atoms in total. The van der Waals surface area contributed by atoms with Gasteiger partial charge in [0.2, 0.25) is 17.6 Å². The van der Waals surface area contributed by atoms with Gasteiger partial charge in [0.05, 0.1) is 6.54 Å². The highest BCUT2D eigenvalue weighted by Crippen LogP contribution is 2.47. The number of pyridine rings is 1. The zero-order valence-corrected chi connectivity index (χ0v) is 15.5. The maximum absolute atomic E-state index is 12.4. The van der Waals surface area contributed by atoms with E-state index in [0.717, 1.165) is 17.1 Å². The second-order valence-corrected chi connectivity index (χ2v) is 7.13. The maximum atomic E-state index is 12.4. The Balaban J connectivity index is 1.29. The summed E-state index contributed by atoms with van der Waals surface area (Å²) in [5, 5.41) is 3.94. The summed E-state index contributed by atoms with van der Waals surface area (Å²) < 4.78 is 11.1. The van der Waals surface area contributed by atoms with Crippen molar-refractivity contribution < 1.29 is 13.7 Å². The van der Waals surface area contributed by atoms with Crippen LogP contribution in [0.3, 0.4) is 0 Å². The van der Waals surface area contributed by atoms with Gasteiger partial charge in [-0.15, -0.1) is 0 Å². The van der Waals surface area contributed by atoms with Crippen LogP contribution in [0, 0.1) is 5.92 Å². The Morgan fingerprint density at radius 2 is 2.19 bits per heavy atom. The Hall–Kier alpha value is -2.96. The van der Waals surface area contributed by atoms with Crippen LogP contribution in [0.1, 0.15) is 43.1 Å². The molecular formula is C20H22N4O3. The molecule has 140 valence electrons. The van der Waals surface area contributed by atoms with Crippen molar-refractivity contribution in [1.82, 2.24) is 20.0 Å². The van der Waals surface area contributed by atoms with Gasteiger partial charge in [0.1, 0.15) is 11.5 Å². The summed E-state index contributed by atoms with van der Waals surface area (Å²) in [6.45, 7) is 2.68. The van der Waals surface area contributed by atoms with Gasteiger partial charge in [-0.05, 0) is 36.6 Å². The monoisotopic (exact) mass is 366 g/mol. The Morgan fingerprint density at radius 1 is 1.33 bits per heavy atom. The van der Waals surface area contributed by atoms with Crippen LogP contribution in [0.15, 0.2) is 45.6 Å². The molecule has 0 bridgehead atoms. The molecule has 1 fully saturated rings. The first-order valence-electron chi connectivity index (χ1n) is 9.15. The van der Waals surface area contributed by atoms with Crippen molar-refractivity contribution in [2.75, 3.05) is 7.05 Å². The van der Waals surface area contributed by atoms with Gasteiger partial charge in [-0.25, -0.2) is 0 Å². The third kappa shape index (κ3) is 4.07. The van der Waals surface area contributed by atoms with E-state index in [1.807, 2.05) is 24.3 Å². The van der Waals surface area contributed by atoms with Gasteiger partial charge in [-0.1, -0.05) is 12.1 Å². The first kappa shape index (κ1) is 17.5. The number of aromatic nitrogens is 3. The first-order valence-corrected chi connectivity index (χ1v) is 9.15. The van der Waals surface area contributed by atoms with Gasteiger partial charge in [0, 0.05) is 43.8 Å². The minimum absolute atomic E-state index is 0.00821. The highest BCUT2D eigenvalue weighted by Gasteiger charge is 2.36. The fourth-order valence-electron chi connectivity index (χ4n) is 3.09. The van der Waals surface area contributed by atoms with Crippen molar-refractivity contribution in [2.45, 2.75) is 38.6 Å². The van der Waals surface area contributed by atoms with Crippen LogP contribution in [0.25, 0.3) is 11.4 Å². The van der Waals surface area contributed by atoms with Gasteiger partial charge in [-0.3, -0.25) is 9.78 Å². The van der Waals surface area contributed by atoms with Crippen molar-refractivity contribution in [3.63, 3.8) is 0 Å². The number of rotatable bonds is 7. The van der Waals surface area contributed by atoms with Gasteiger partial charge in [0.25, 0.3) is 0 Å². The number of nitrogens with zero attached hydrogens (tertiary/aromatic N) is 4. The Bertz CT molecular complexity index is 918. The van der Waals surface area contributed by atoms with Gasteiger partial charge in [-0.2, -0.15) is 4.98 Å². The van der Waals surface area contributed by atoms with E-state index >= 15 is 0 Å². The molecule has 2 atom stereocenters. The molecule has 0 radical (unpaired) electrons. The predicted octanol–water partition coefficient (Wildman–Crippen LogP) is 3.44. The van der Waals surface area contributed by atoms with Crippen LogP contribution >= 0.6 is 0 Å². The summed E-state index contributed by atoms with van der Waals surface area (Å²) in [4.78, 5) is 22.4.